The molecule has 0 aliphatic carbocycles. The molecule has 1 atom stereocenters. The number of hydrogen-bond donors (Lipinski definition) is 2. The minimum absolute atomic E-state index is 0.107. The second-order valence-corrected chi connectivity index (χ2v) is 7.41. The number of carbonyl (C=O) groups is 1. The number of hydrogen-bond acceptors (Lipinski definition) is 6. The first-order chi connectivity index (χ1) is 13.5. The standard InChI is InChI=1S/C20H23N5O3/c1-11(2)7-16-23-19(25-28-16)18-22-15-9-13(10-21-20(26)17(15)24-18)12-5-4-6-14(8-12)27-3/h4-6,8,11,13H,7,9-10H2,1-3H3,(H,21,26)(H,22,24)/t13-/m0/s1. The summed E-state index contributed by atoms with van der Waals surface area (Å²) >= 11 is 0. The zero-order valence-electron chi connectivity index (χ0n) is 16.2. The normalized spacial score (nSPS) is 16.6. The van der Waals surface area contributed by atoms with E-state index >= 15 is 0 Å². The number of methoxy groups -OCH3 is 1. The van der Waals surface area contributed by atoms with Crippen molar-refractivity contribution in [2.24, 2.45) is 5.92 Å². The van der Waals surface area contributed by atoms with Crippen molar-refractivity contribution in [3.8, 4) is 17.4 Å². The van der Waals surface area contributed by atoms with Crippen molar-refractivity contribution in [2.45, 2.75) is 32.6 Å². The molecule has 1 aliphatic heterocycles. The van der Waals surface area contributed by atoms with E-state index in [4.69, 9.17) is 9.26 Å². The minimum atomic E-state index is -0.200. The Morgan fingerprint density at radius 2 is 2.18 bits per heavy atom. The number of ether oxygens (including phenoxy) is 1. The number of amides is 1. The molecule has 28 heavy (non-hydrogen) atoms. The number of fused-ring (bicyclic) bond motifs is 1. The van der Waals surface area contributed by atoms with Gasteiger partial charge in [-0.05, 0) is 30.0 Å². The Balaban J connectivity index is 1.62. The molecule has 3 aromatic rings. The SMILES string of the molecule is COc1cccc([C@@H]2CNC(=O)c3nc(-c4noc(CC(C)C)n4)[nH]c3C2)c1. The van der Waals surface area contributed by atoms with Crippen molar-refractivity contribution in [3.05, 3.63) is 47.1 Å². The third-order valence-electron chi connectivity index (χ3n) is 4.78. The first kappa shape index (κ1) is 18.2. The maximum atomic E-state index is 12.5. The van der Waals surface area contributed by atoms with Crippen LogP contribution in [0.25, 0.3) is 11.6 Å². The second-order valence-electron chi connectivity index (χ2n) is 7.41. The number of imidazole rings is 1. The molecular weight excluding hydrogens is 358 g/mol. The molecule has 1 aromatic carbocycles. The zero-order valence-corrected chi connectivity index (χ0v) is 16.2. The Hall–Kier alpha value is -3.16. The van der Waals surface area contributed by atoms with Gasteiger partial charge in [-0.2, -0.15) is 4.98 Å². The van der Waals surface area contributed by atoms with E-state index in [1.807, 2.05) is 24.3 Å². The van der Waals surface area contributed by atoms with Crippen molar-refractivity contribution in [3.63, 3.8) is 0 Å². The highest BCUT2D eigenvalue weighted by atomic mass is 16.5. The molecule has 8 nitrogen and oxygen atoms in total. The Morgan fingerprint density at radius 3 is 2.96 bits per heavy atom. The predicted octanol–water partition coefficient (Wildman–Crippen LogP) is 2.74. The summed E-state index contributed by atoms with van der Waals surface area (Å²) in [7, 11) is 1.64. The van der Waals surface area contributed by atoms with Gasteiger partial charge in [-0.15, -0.1) is 0 Å². The average molecular weight is 381 g/mol. The van der Waals surface area contributed by atoms with Crippen LogP contribution in [0.4, 0.5) is 0 Å². The first-order valence-corrected chi connectivity index (χ1v) is 9.37. The lowest BCUT2D eigenvalue weighted by molar-refractivity contribution is 0.0950. The zero-order chi connectivity index (χ0) is 19.7. The highest BCUT2D eigenvalue weighted by molar-refractivity contribution is 5.94. The van der Waals surface area contributed by atoms with Crippen molar-refractivity contribution >= 4 is 5.91 Å². The molecule has 2 N–H and O–H groups in total. The largest absolute Gasteiger partial charge is 0.497 e. The fourth-order valence-corrected chi connectivity index (χ4v) is 3.38. The number of rotatable bonds is 5. The van der Waals surface area contributed by atoms with Crippen LogP contribution >= 0.6 is 0 Å². The van der Waals surface area contributed by atoms with E-state index in [1.165, 1.54) is 0 Å². The summed E-state index contributed by atoms with van der Waals surface area (Å²) in [5.74, 6) is 2.50. The molecule has 0 spiro atoms. The van der Waals surface area contributed by atoms with Gasteiger partial charge in [-0.1, -0.05) is 31.1 Å². The van der Waals surface area contributed by atoms with Crippen molar-refractivity contribution in [1.29, 1.82) is 0 Å². The Bertz CT molecular complexity index is 991. The van der Waals surface area contributed by atoms with Crippen LogP contribution < -0.4 is 10.1 Å². The molecule has 0 fully saturated rings. The van der Waals surface area contributed by atoms with E-state index in [9.17, 15) is 4.79 Å². The van der Waals surface area contributed by atoms with E-state index in [-0.39, 0.29) is 11.8 Å². The van der Waals surface area contributed by atoms with E-state index in [1.54, 1.807) is 7.11 Å². The lowest BCUT2D eigenvalue weighted by Gasteiger charge is -2.15. The Morgan fingerprint density at radius 1 is 1.32 bits per heavy atom. The van der Waals surface area contributed by atoms with Crippen molar-refractivity contribution < 1.29 is 14.1 Å². The topological polar surface area (TPSA) is 106 Å². The van der Waals surface area contributed by atoms with Gasteiger partial charge in [0.25, 0.3) is 5.91 Å². The number of H-pyrrole nitrogens is 1. The molecule has 8 heteroatoms. The van der Waals surface area contributed by atoms with Crippen LogP contribution in [-0.4, -0.2) is 39.7 Å². The number of carbonyl (C=O) groups excluding carboxylic acids is 1. The molecule has 1 amide bonds. The lowest BCUT2D eigenvalue weighted by Crippen LogP contribution is -2.26. The fraction of sp³-hybridized carbons (Fsp3) is 0.400. The van der Waals surface area contributed by atoms with Gasteiger partial charge in [0.1, 0.15) is 11.4 Å². The summed E-state index contributed by atoms with van der Waals surface area (Å²) in [5.41, 5.74) is 2.26. The van der Waals surface area contributed by atoms with Crippen LogP contribution in [0.3, 0.4) is 0 Å². The van der Waals surface area contributed by atoms with Crippen molar-refractivity contribution in [2.75, 3.05) is 13.7 Å². The third kappa shape index (κ3) is 3.62. The van der Waals surface area contributed by atoms with E-state index in [2.05, 4.69) is 39.3 Å². The van der Waals surface area contributed by atoms with Crippen molar-refractivity contribution in [1.82, 2.24) is 25.4 Å². The predicted molar refractivity (Wildman–Crippen MR) is 102 cm³/mol. The first-order valence-electron chi connectivity index (χ1n) is 9.37. The smallest absolute Gasteiger partial charge is 0.271 e. The molecule has 1 aliphatic rings. The van der Waals surface area contributed by atoms with Gasteiger partial charge in [-0.25, -0.2) is 4.98 Å². The molecule has 146 valence electrons. The van der Waals surface area contributed by atoms with Gasteiger partial charge < -0.3 is 19.6 Å². The van der Waals surface area contributed by atoms with Gasteiger partial charge in [0.15, 0.2) is 5.82 Å². The number of aromatic amines is 1. The monoisotopic (exact) mass is 381 g/mol. The summed E-state index contributed by atoms with van der Waals surface area (Å²) in [6.45, 7) is 4.70. The molecule has 0 saturated heterocycles. The van der Waals surface area contributed by atoms with Gasteiger partial charge in [0, 0.05) is 24.6 Å². The summed E-state index contributed by atoms with van der Waals surface area (Å²) in [4.78, 5) is 24.6. The van der Waals surface area contributed by atoms with E-state index in [0.29, 0.717) is 48.5 Å². The molecule has 3 heterocycles. The molecule has 0 saturated carbocycles. The number of nitrogens with zero attached hydrogens (tertiary/aromatic N) is 3. The van der Waals surface area contributed by atoms with Gasteiger partial charge in [0.2, 0.25) is 11.7 Å². The molecule has 2 aromatic heterocycles. The quantitative estimate of drug-likeness (QED) is 0.704. The number of benzene rings is 1. The number of aromatic nitrogens is 4. The Labute approximate surface area is 162 Å². The van der Waals surface area contributed by atoms with Gasteiger partial charge in [-0.3, -0.25) is 4.79 Å². The van der Waals surface area contributed by atoms with Gasteiger partial charge >= 0.3 is 0 Å². The Kier molecular flexibility index (Phi) is 4.85. The maximum absolute atomic E-state index is 12.5. The van der Waals surface area contributed by atoms with Crippen LogP contribution in [0.5, 0.6) is 5.75 Å². The highest BCUT2D eigenvalue weighted by Gasteiger charge is 2.27. The molecule has 0 bridgehead atoms. The molecule has 0 unspecified atom stereocenters. The lowest BCUT2D eigenvalue weighted by atomic mass is 9.94. The average Bonchev–Trinajstić information content (AvgIpc) is 3.28. The minimum Gasteiger partial charge on any atom is -0.497 e. The van der Waals surface area contributed by atoms with Gasteiger partial charge in [0.05, 0.1) is 7.11 Å². The van der Waals surface area contributed by atoms with Crippen LogP contribution in [-0.2, 0) is 12.8 Å². The summed E-state index contributed by atoms with van der Waals surface area (Å²) in [6.07, 6.45) is 1.34. The van der Waals surface area contributed by atoms with E-state index < -0.39 is 0 Å². The molecule has 4 rings (SSSR count). The second kappa shape index (κ2) is 7.46. The summed E-state index contributed by atoms with van der Waals surface area (Å²) < 4.78 is 10.6. The van der Waals surface area contributed by atoms with Crippen LogP contribution in [0.2, 0.25) is 0 Å². The van der Waals surface area contributed by atoms with Crippen LogP contribution in [0.1, 0.15) is 47.4 Å². The molecule has 0 radical (unpaired) electrons. The number of nitrogens with one attached hydrogen (secondary N) is 2. The van der Waals surface area contributed by atoms with Crippen LogP contribution in [0.15, 0.2) is 28.8 Å². The highest BCUT2D eigenvalue weighted by Crippen LogP contribution is 2.28. The maximum Gasteiger partial charge on any atom is 0.271 e. The van der Waals surface area contributed by atoms with E-state index in [0.717, 1.165) is 17.0 Å². The third-order valence-corrected chi connectivity index (χ3v) is 4.78. The fourth-order valence-electron chi connectivity index (χ4n) is 3.38. The summed E-state index contributed by atoms with van der Waals surface area (Å²) in [5, 5.41) is 6.96. The summed E-state index contributed by atoms with van der Waals surface area (Å²) in [6, 6.07) is 7.90. The van der Waals surface area contributed by atoms with Crippen LogP contribution in [0, 0.1) is 5.92 Å². The molecular formula is C20H23N5O3.